The molecule has 1 nitrogen and oxygen atoms in total. The maximum atomic E-state index is 6.14. The van der Waals surface area contributed by atoms with E-state index in [0.717, 1.165) is 0 Å². The van der Waals surface area contributed by atoms with Gasteiger partial charge in [0.2, 0.25) is 0 Å². The van der Waals surface area contributed by atoms with Crippen LogP contribution in [-0.4, -0.2) is 29.9 Å². The molecule has 0 bridgehead atoms. The first-order valence-electron chi connectivity index (χ1n) is 3.75. The zero-order valence-corrected chi connectivity index (χ0v) is 7.97. The molecule has 62 valence electrons. The fourth-order valence-electron chi connectivity index (χ4n) is 1.09. The molecule has 0 fully saturated rings. The molecule has 2 unspecified atom stereocenters. The van der Waals surface area contributed by atoms with Gasteiger partial charge in [-0.15, -0.1) is 11.6 Å². The van der Waals surface area contributed by atoms with E-state index in [1.165, 1.54) is 0 Å². The van der Waals surface area contributed by atoms with Crippen molar-refractivity contribution in [1.29, 1.82) is 0 Å². The first kappa shape index (κ1) is 8.82. The largest absolute Gasteiger partial charge is 0.299 e. The van der Waals surface area contributed by atoms with Crippen molar-refractivity contribution >= 4 is 11.6 Å². The fourth-order valence-corrected chi connectivity index (χ4v) is 1.45. The highest BCUT2D eigenvalue weighted by Gasteiger charge is 2.31. The van der Waals surface area contributed by atoms with Gasteiger partial charge in [-0.2, -0.15) is 0 Å². The third kappa shape index (κ3) is 1.49. The normalized spacial score (nSPS) is 36.6. The minimum Gasteiger partial charge on any atom is -0.299 e. The monoisotopic (exact) mass is 171 g/mol. The highest BCUT2D eigenvalue weighted by molar-refractivity contribution is 6.23. The van der Waals surface area contributed by atoms with Gasteiger partial charge in [-0.1, -0.05) is 24.3 Å². The smallest absolute Gasteiger partial charge is 0.0736 e. The van der Waals surface area contributed by atoms with Crippen LogP contribution in [0.5, 0.6) is 0 Å². The zero-order chi connectivity index (χ0) is 8.48. The quantitative estimate of drug-likeness (QED) is 0.546. The molecule has 0 heterocycles. The van der Waals surface area contributed by atoms with E-state index in [9.17, 15) is 0 Å². The van der Waals surface area contributed by atoms with Gasteiger partial charge in [-0.3, -0.25) is 4.90 Å². The van der Waals surface area contributed by atoms with E-state index in [1.54, 1.807) is 0 Å². The Balaban J connectivity index is 2.85. The fraction of sp³-hybridized carbons (Fsp3) is 0.556. The van der Waals surface area contributed by atoms with Gasteiger partial charge in [0, 0.05) is 0 Å². The number of allylic oxidation sites excluding steroid dienone is 2. The molecule has 1 rings (SSSR count). The van der Waals surface area contributed by atoms with Gasteiger partial charge in [0.05, 0.1) is 10.9 Å². The zero-order valence-electron chi connectivity index (χ0n) is 7.21. The molecule has 0 amide bonds. The number of alkyl halides is 1. The van der Waals surface area contributed by atoms with Crippen LogP contribution in [0.3, 0.4) is 0 Å². The average Bonchev–Trinajstić information content (AvgIpc) is 1.95. The molecule has 0 saturated heterocycles. The van der Waals surface area contributed by atoms with Gasteiger partial charge in [0.25, 0.3) is 0 Å². The minimum atomic E-state index is -0.0314. The van der Waals surface area contributed by atoms with Crippen molar-refractivity contribution in [2.45, 2.75) is 17.8 Å². The Kier molecular flexibility index (Phi) is 2.40. The van der Waals surface area contributed by atoms with Crippen molar-refractivity contribution in [1.82, 2.24) is 4.90 Å². The molecule has 11 heavy (non-hydrogen) atoms. The highest BCUT2D eigenvalue weighted by Crippen LogP contribution is 2.26. The van der Waals surface area contributed by atoms with Crippen LogP contribution in [0.15, 0.2) is 24.3 Å². The standard InChI is InChI=1S/C9H14ClN/c1-9(11(2)3)7-5-4-6-8(9)10/h4-8H,1-3H3. The molecule has 2 heteroatoms. The molecule has 0 aromatic carbocycles. The number of nitrogens with zero attached hydrogens (tertiary/aromatic N) is 1. The van der Waals surface area contributed by atoms with Crippen LogP contribution in [0, 0.1) is 0 Å². The SMILES string of the molecule is CN(C)C1(C)C=CC=CC1Cl. The number of hydrogen-bond acceptors (Lipinski definition) is 1. The molecule has 0 N–H and O–H groups in total. The summed E-state index contributed by atoms with van der Waals surface area (Å²) in [6.45, 7) is 2.13. The summed E-state index contributed by atoms with van der Waals surface area (Å²) in [7, 11) is 4.08. The lowest BCUT2D eigenvalue weighted by Gasteiger charge is -2.37. The molecule has 1 aliphatic carbocycles. The van der Waals surface area contributed by atoms with Crippen LogP contribution in [-0.2, 0) is 0 Å². The topological polar surface area (TPSA) is 3.24 Å². The Morgan fingerprint density at radius 1 is 1.36 bits per heavy atom. The maximum Gasteiger partial charge on any atom is 0.0736 e. The molecule has 0 aromatic heterocycles. The minimum absolute atomic E-state index is 0.0314. The number of rotatable bonds is 1. The summed E-state index contributed by atoms with van der Waals surface area (Å²) in [4.78, 5) is 2.13. The van der Waals surface area contributed by atoms with Crippen LogP contribution in [0.1, 0.15) is 6.92 Å². The molecular formula is C9H14ClN. The van der Waals surface area contributed by atoms with Crippen LogP contribution in [0.2, 0.25) is 0 Å². The first-order valence-corrected chi connectivity index (χ1v) is 4.18. The van der Waals surface area contributed by atoms with Gasteiger partial charge in [-0.25, -0.2) is 0 Å². The van der Waals surface area contributed by atoms with Gasteiger partial charge in [0.15, 0.2) is 0 Å². The van der Waals surface area contributed by atoms with Crippen molar-refractivity contribution in [3.05, 3.63) is 24.3 Å². The summed E-state index contributed by atoms with van der Waals surface area (Å²) >= 11 is 6.14. The highest BCUT2D eigenvalue weighted by atomic mass is 35.5. The van der Waals surface area contributed by atoms with Crippen molar-refractivity contribution in [3.63, 3.8) is 0 Å². The van der Waals surface area contributed by atoms with Crippen LogP contribution in [0.4, 0.5) is 0 Å². The summed E-state index contributed by atoms with van der Waals surface area (Å²) in [5.74, 6) is 0. The van der Waals surface area contributed by atoms with Crippen LogP contribution >= 0.6 is 11.6 Å². The first-order chi connectivity index (χ1) is 5.07. The molecule has 0 radical (unpaired) electrons. The molecule has 1 aliphatic rings. The molecule has 2 atom stereocenters. The second-order valence-corrected chi connectivity index (χ2v) is 3.74. The second-order valence-electron chi connectivity index (χ2n) is 3.27. The summed E-state index contributed by atoms with van der Waals surface area (Å²) in [6, 6.07) is 0. The van der Waals surface area contributed by atoms with Crippen molar-refractivity contribution in [3.8, 4) is 0 Å². The van der Waals surface area contributed by atoms with Crippen molar-refractivity contribution in [2.24, 2.45) is 0 Å². The maximum absolute atomic E-state index is 6.14. The third-order valence-corrected chi connectivity index (χ3v) is 2.93. The molecule has 0 spiro atoms. The van der Waals surface area contributed by atoms with E-state index < -0.39 is 0 Å². The van der Waals surface area contributed by atoms with E-state index in [0.29, 0.717) is 0 Å². The molecule has 0 saturated carbocycles. The van der Waals surface area contributed by atoms with Gasteiger partial charge in [0.1, 0.15) is 0 Å². The Morgan fingerprint density at radius 3 is 2.36 bits per heavy atom. The lowest BCUT2D eigenvalue weighted by Crippen LogP contribution is -2.47. The van der Waals surface area contributed by atoms with Gasteiger partial charge < -0.3 is 0 Å². The Morgan fingerprint density at radius 2 is 2.00 bits per heavy atom. The van der Waals surface area contributed by atoms with Gasteiger partial charge >= 0.3 is 0 Å². The second kappa shape index (κ2) is 3.00. The Hall–Kier alpha value is -0.270. The predicted octanol–water partition coefficient (Wildman–Crippen LogP) is 2.04. The van der Waals surface area contributed by atoms with Crippen LogP contribution in [0.25, 0.3) is 0 Å². The predicted molar refractivity (Wildman–Crippen MR) is 50.0 cm³/mol. The Bertz CT molecular complexity index is 196. The Labute approximate surface area is 73.3 Å². The summed E-state index contributed by atoms with van der Waals surface area (Å²) in [5, 5.41) is 0.0718. The van der Waals surface area contributed by atoms with E-state index in [2.05, 4.69) is 17.9 Å². The van der Waals surface area contributed by atoms with E-state index >= 15 is 0 Å². The van der Waals surface area contributed by atoms with E-state index in [4.69, 9.17) is 11.6 Å². The molecule has 0 aliphatic heterocycles. The summed E-state index contributed by atoms with van der Waals surface area (Å²) < 4.78 is 0. The molecular weight excluding hydrogens is 158 g/mol. The lowest BCUT2D eigenvalue weighted by atomic mass is 9.92. The van der Waals surface area contributed by atoms with Crippen LogP contribution < -0.4 is 0 Å². The number of likely N-dealkylation sites (N-methyl/N-ethyl adjacent to an activating group) is 1. The average molecular weight is 172 g/mol. The van der Waals surface area contributed by atoms with E-state index in [-0.39, 0.29) is 10.9 Å². The molecule has 0 aromatic rings. The third-order valence-electron chi connectivity index (χ3n) is 2.35. The number of halogens is 1. The van der Waals surface area contributed by atoms with Crippen molar-refractivity contribution in [2.75, 3.05) is 14.1 Å². The van der Waals surface area contributed by atoms with Crippen molar-refractivity contribution < 1.29 is 0 Å². The van der Waals surface area contributed by atoms with E-state index in [1.807, 2.05) is 32.3 Å². The van der Waals surface area contributed by atoms with Gasteiger partial charge in [-0.05, 0) is 21.0 Å². The number of hydrogen-bond donors (Lipinski definition) is 0. The lowest BCUT2D eigenvalue weighted by molar-refractivity contribution is 0.234. The summed E-state index contributed by atoms with van der Waals surface area (Å²) in [5.41, 5.74) is -0.0314. The summed E-state index contributed by atoms with van der Waals surface area (Å²) in [6.07, 6.45) is 8.17.